The summed E-state index contributed by atoms with van der Waals surface area (Å²) in [6.07, 6.45) is 3.79. The van der Waals surface area contributed by atoms with E-state index in [1.54, 1.807) is 0 Å². The third kappa shape index (κ3) is 3.90. The lowest BCUT2D eigenvalue weighted by Gasteiger charge is -2.34. The third-order valence-electron chi connectivity index (χ3n) is 9.62. The molecule has 0 N–H and O–H groups in total. The number of hydrogen-bond acceptors (Lipinski definition) is 3. The summed E-state index contributed by atoms with van der Waals surface area (Å²) < 4.78 is 2.32. The summed E-state index contributed by atoms with van der Waals surface area (Å²) >= 11 is 0. The Labute approximate surface area is 277 Å². The molecule has 0 saturated heterocycles. The van der Waals surface area contributed by atoms with Crippen LogP contribution in [0.15, 0.2) is 170 Å². The zero-order valence-corrected chi connectivity index (χ0v) is 26.0. The Morgan fingerprint density at radius 1 is 0.438 bits per heavy atom. The van der Waals surface area contributed by atoms with E-state index in [1.165, 1.54) is 43.9 Å². The highest BCUT2D eigenvalue weighted by Gasteiger charge is 2.31. The first-order valence-electron chi connectivity index (χ1n) is 16.3. The first-order valence-corrected chi connectivity index (χ1v) is 16.3. The number of para-hydroxylation sites is 2. The fourth-order valence-corrected chi connectivity index (χ4v) is 7.60. The molecule has 0 aliphatic carbocycles. The minimum absolute atomic E-state index is 0.895. The Morgan fingerprint density at radius 3 is 2.04 bits per heavy atom. The molecular weight excluding hydrogens is 585 g/mol. The van der Waals surface area contributed by atoms with Crippen molar-refractivity contribution in [2.24, 2.45) is 0 Å². The predicted octanol–water partition coefficient (Wildman–Crippen LogP) is 11.5. The van der Waals surface area contributed by atoms with Crippen molar-refractivity contribution in [3.8, 4) is 39.3 Å². The van der Waals surface area contributed by atoms with E-state index in [9.17, 15) is 0 Å². The maximum absolute atomic E-state index is 4.95. The lowest BCUT2D eigenvalue weighted by atomic mass is 9.87. The molecule has 224 valence electrons. The monoisotopic (exact) mass is 612 g/mol. The second-order valence-electron chi connectivity index (χ2n) is 12.2. The first-order chi connectivity index (χ1) is 23.8. The Kier molecular flexibility index (Phi) is 5.84. The summed E-state index contributed by atoms with van der Waals surface area (Å²) in [5.74, 6) is 0.895. The molecule has 4 heterocycles. The van der Waals surface area contributed by atoms with Crippen LogP contribution in [-0.2, 0) is 0 Å². The van der Waals surface area contributed by atoms with Crippen molar-refractivity contribution in [2.45, 2.75) is 0 Å². The average molecular weight is 613 g/mol. The second kappa shape index (κ2) is 10.5. The largest absolute Gasteiger partial charge is 0.309 e. The lowest BCUT2D eigenvalue weighted by Crippen LogP contribution is -2.15. The van der Waals surface area contributed by atoms with Crippen molar-refractivity contribution in [1.82, 2.24) is 14.5 Å². The lowest BCUT2D eigenvalue weighted by molar-refractivity contribution is 1.08. The highest BCUT2D eigenvalue weighted by Crippen LogP contribution is 2.55. The van der Waals surface area contributed by atoms with Gasteiger partial charge in [-0.15, -0.1) is 0 Å². The average Bonchev–Trinajstić information content (AvgIpc) is 3.51. The van der Waals surface area contributed by atoms with Gasteiger partial charge in [0.1, 0.15) is 5.82 Å². The molecule has 0 saturated carbocycles. The van der Waals surface area contributed by atoms with Crippen molar-refractivity contribution in [2.75, 3.05) is 4.90 Å². The van der Waals surface area contributed by atoms with Gasteiger partial charge in [-0.05, 0) is 76.7 Å². The van der Waals surface area contributed by atoms with E-state index in [4.69, 9.17) is 9.97 Å². The number of pyridine rings is 2. The van der Waals surface area contributed by atoms with Crippen molar-refractivity contribution >= 4 is 49.6 Å². The molecule has 0 radical (unpaired) electrons. The molecule has 0 bridgehead atoms. The van der Waals surface area contributed by atoms with Gasteiger partial charge in [0.15, 0.2) is 0 Å². The van der Waals surface area contributed by atoms with Crippen LogP contribution in [0.2, 0.25) is 0 Å². The Balaban J connectivity index is 1.31. The van der Waals surface area contributed by atoms with E-state index in [2.05, 4.69) is 161 Å². The summed E-state index contributed by atoms with van der Waals surface area (Å²) in [5, 5.41) is 4.82. The van der Waals surface area contributed by atoms with Gasteiger partial charge in [-0.3, -0.25) is 9.55 Å². The Morgan fingerprint density at radius 2 is 1.19 bits per heavy atom. The van der Waals surface area contributed by atoms with Gasteiger partial charge in [-0.1, -0.05) is 103 Å². The Bertz CT molecular complexity index is 2660. The van der Waals surface area contributed by atoms with Gasteiger partial charge in [-0.25, -0.2) is 4.98 Å². The molecule has 0 fully saturated rings. The zero-order valence-electron chi connectivity index (χ0n) is 26.0. The van der Waals surface area contributed by atoms with Gasteiger partial charge in [-0.2, -0.15) is 0 Å². The predicted molar refractivity (Wildman–Crippen MR) is 198 cm³/mol. The topological polar surface area (TPSA) is 34.0 Å². The van der Waals surface area contributed by atoms with Crippen LogP contribution in [0, 0.1) is 0 Å². The van der Waals surface area contributed by atoms with Gasteiger partial charge >= 0.3 is 0 Å². The van der Waals surface area contributed by atoms with Crippen LogP contribution in [0.25, 0.3) is 71.9 Å². The number of nitrogens with zero attached hydrogens (tertiary/aromatic N) is 4. The van der Waals surface area contributed by atoms with E-state index >= 15 is 0 Å². The van der Waals surface area contributed by atoms with E-state index in [1.807, 2.05) is 18.5 Å². The van der Waals surface area contributed by atoms with Gasteiger partial charge in [0.25, 0.3) is 0 Å². The van der Waals surface area contributed by atoms with Crippen LogP contribution in [0.5, 0.6) is 0 Å². The molecule has 3 aromatic heterocycles. The molecule has 10 rings (SSSR count). The van der Waals surface area contributed by atoms with Crippen molar-refractivity contribution < 1.29 is 0 Å². The first kappa shape index (κ1) is 26.7. The summed E-state index contributed by atoms with van der Waals surface area (Å²) in [6.45, 7) is 0. The maximum atomic E-state index is 4.95. The fourth-order valence-electron chi connectivity index (χ4n) is 7.60. The smallest absolute Gasteiger partial charge is 0.138 e. The molecule has 0 spiro atoms. The third-order valence-corrected chi connectivity index (χ3v) is 9.62. The molecule has 1 aliphatic rings. The standard InChI is InChI=1S/C44H28N4/c1-3-12-29(13-4-1)30-25-27-46-41(28-30)48-38-19-8-7-16-36(38)43-40(48)24-23-35-34-22-21-32(37-18-9-10-26-45-37)33-17-11-20-39(42(33)34)47(44(35)43)31-14-5-2-6-15-31/h1-28H. The van der Waals surface area contributed by atoms with E-state index in [0.717, 1.165) is 45.0 Å². The molecule has 48 heavy (non-hydrogen) atoms. The van der Waals surface area contributed by atoms with Crippen LogP contribution >= 0.6 is 0 Å². The highest BCUT2D eigenvalue weighted by molar-refractivity contribution is 6.25. The van der Waals surface area contributed by atoms with Crippen molar-refractivity contribution in [3.63, 3.8) is 0 Å². The van der Waals surface area contributed by atoms with E-state index in [0.29, 0.717) is 0 Å². The quantitative estimate of drug-likeness (QED) is 0.198. The minimum atomic E-state index is 0.895. The number of aromatic nitrogens is 3. The molecule has 0 atom stereocenters. The summed E-state index contributed by atoms with van der Waals surface area (Å²) in [6, 6.07) is 56.1. The van der Waals surface area contributed by atoms with Crippen LogP contribution in [0.3, 0.4) is 0 Å². The van der Waals surface area contributed by atoms with Gasteiger partial charge in [0.05, 0.1) is 28.1 Å². The molecule has 4 heteroatoms. The molecule has 0 unspecified atom stereocenters. The van der Waals surface area contributed by atoms with Gasteiger partial charge < -0.3 is 4.90 Å². The maximum Gasteiger partial charge on any atom is 0.138 e. The number of rotatable bonds is 4. The SMILES string of the molecule is c1ccc(-c2ccnc(-n3c4ccccc4c4c5c(ccc43)-c3ccc(-c4ccccn4)c4cccc(c34)N5c3ccccc3)c2)cc1. The van der Waals surface area contributed by atoms with Gasteiger partial charge in [0.2, 0.25) is 0 Å². The number of anilines is 3. The highest BCUT2D eigenvalue weighted by atomic mass is 15.2. The molecule has 0 amide bonds. The molecular formula is C44H28N4. The molecule has 4 nitrogen and oxygen atoms in total. The normalized spacial score (nSPS) is 12.1. The van der Waals surface area contributed by atoms with Gasteiger partial charge in [0, 0.05) is 45.4 Å². The summed E-state index contributed by atoms with van der Waals surface area (Å²) in [7, 11) is 0. The van der Waals surface area contributed by atoms with Crippen LogP contribution in [0.4, 0.5) is 17.1 Å². The summed E-state index contributed by atoms with van der Waals surface area (Å²) in [5.41, 5.74) is 12.6. The van der Waals surface area contributed by atoms with Crippen LogP contribution < -0.4 is 4.90 Å². The Hall–Kier alpha value is -6.52. The second-order valence-corrected chi connectivity index (χ2v) is 12.2. The van der Waals surface area contributed by atoms with Crippen LogP contribution in [-0.4, -0.2) is 14.5 Å². The molecule has 1 aliphatic heterocycles. The molecule has 6 aromatic carbocycles. The fraction of sp³-hybridized carbons (Fsp3) is 0. The van der Waals surface area contributed by atoms with Crippen molar-refractivity contribution in [3.05, 3.63) is 170 Å². The molecule has 9 aromatic rings. The van der Waals surface area contributed by atoms with E-state index < -0.39 is 0 Å². The number of fused-ring (bicyclic) bond motifs is 6. The zero-order chi connectivity index (χ0) is 31.6. The van der Waals surface area contributed by atoms with E-state index in [-0.39, 0.29) is 0 Å². The minimum Gasteiger partial charge on any atom is -0.309 e. The number of benzene rings is 6. The number of hydrogen-bond donors (Lipinski definition) is 0. The van der Waals surface area contributed by atoms with Crippen molar-refractivity contribution in [1.29, 1.82) is 0 Å². The summed E-state index contributed by atoms with van der Waals surface area (Å²) in [4.78, 5) is 12.1. The van der Waals surface area contributed by atoms with Crippen LogP contribution in [0.1, 0.15) is 0 Å².